The smallest absolute Gasteiger partial charge is 0.408 e. The van der Waals surface area contributed by atoms with E-state index in [-0.39, 0.29) is 6.61 Å². The molecular formula is C16H19NO7-2. The maximum absolute atomic E-state index is 11.7. The average molecular weight is 337 g/mol. The Balaban J connectivity index is 2.81. The van der Waals surface area contributed by atoms with E-state index in [1.165, 1.54) is 0 Å². The van der Waals surface area contributed by atoms with Gasteiger partial charge >= 0.3 is 6.09 Å². The molecule has 132 valence electrons. The van der Waals surface area contributed by atoms with E-state index in [0.29, 0.717) is 5.56 Å². The SMILES string of the molecule is CC(C)(C)OC(=O)N[C@H](C(=O)[O-])C(OCc1ccccc1)C(=O)[O-]. The van der Waals surface area contributed by atoms with E-state index in [2.05, 4.69) is 0 Å². The predicted molar refractivity (Wildman–Crippen MR) is 78.2 cm³/mol. The number of ether oxygens (including phenoxy) is 2. The van der Waals surface area contributed by atoms with Crippen molar-refractivity contribution < 1.29 is 34.1 Å². The molecule has 0 bridgehead atoms. The van der Waals surface area contributed by atoms with Crippen LogP contribution < -0.4 is 15.5 Å². The molecule has 1 unspecified atom stereocenters. The number of rotatable bonds is 7. The van der Waals surface area contributed by atoms with Gasteiger partial charge in [-0.15, -0.1) is 0 Å². The minimum absolute atomic E-state index is 0.181. The highest BCUT2D eigenvalue weighted by Crippen LogP contribution is 2.09. The number of amides is 1. The monoisotopic (exact) mass is 337 g/mol. The van der Waals surface area contributed by atoms with Gasteiger partial charge in [0.25, 0.3) is 0 Å². The second-order valence-corrected chi connectivity index (χ2v) is 5.98. The third-order valence-corrected chi connectivity index (χ3v) is 2.73. The molecule has 1 amide bonds. The summed E-state index contributed by atoms with van der Waals surface area (Å²) < 4.78 is 9.99. The first kappa shape index (κ1) is 19.4. The van der Waals surface area contributed by atoms with Crippen LogP contribution in [0.3, 0.4) is 0 Å². The van der Waals surface area contributed by atoms with Crippen LogP contribution in [-0.4, -0.2) is 35.8 Å². The third-order valence-electron chi connectivity index (χ3n) is 2.73. The highest BCUT2D eigenvalue weighted by atomic mass is 16.6. The van der Waals surface area contributed by atoms with Crippen LogP contribution in [0.25, 0.3) is 0 Å². The lowest BCUT2D eigenvalue weighted by Crippen LogP contribution is -2.60. The fourth-order valence-corrected chi connectivity index (χ4v) is 1.75. The Labute approximate surface area is 139 Å². The van der Waals surface area contributed by atoms with Crippen molar-refractivity contribution in [1.82, 2.24) is 5.32 Å². The zero-order chi connectivity index (χ0) is 18.3. The molecule has 8 nitrogen and oxygen atoms in total. The molecule has 1 aromatic rings. The number of carboxylic acid groups (broad SMARTS) is 2. The lowest BCUT2D eigenvalue weighted by molar-refractivity contribution is -0.328. The molecule has 24 heavy (non-hydrogen) atoms. The van der Waals surface area contributed by atoms with Crippen LogP contribution in [0, 0.1) is 0 Å². The van der Waals surface area contributed by atoms with Crippen molar-refractivity contribution in [2.75, 3.05) is 0 Å². The fraction of sp³-hybridized carbons (Fsp3) is 0.438. The van der Waals surface area contributed by atoms with E-state index in [1.54, 1.807) is 51.1 Å². The molecule has 0 aliphatic rings. The minimum atomic E-state index is -1.96. The third kappa shape index (κ3) is 6.66. The Morgan fingerprint density at radius 3 is 2.12 bits per heavy atom. The van der Waals surface area contributed by atoms with Crippen molar-refractivity contribution in [2.24, 2.45) is 0 Å². The molecule has 0 aromatic heterocycles. The number of benzene rings is 1. The van der Waals surface area contributed by atoms with Gasteiger partial charge in [0.2, 0.25) is 0 Å². The Morgan fingerprint density at radius 2 is 1.67 bits per heavy atom. The van der Waals surface area contributed by atoms with Crippen molar-refractivity contribution in [3.05, 3.63) is 35.9 Å². The molecular weight excluding hydrogens is 318 g/mol. The Bertz CT molecular complexity index is 580. The van der Waals surface area contributed by atoms with Gasteiger partial charge in [0.15, 0.2) is 0 Å². The molecule has 8 heteroatoms. The predicted octanol–water partition coefficient (Wildman–Crippen LogP) is -1.04. The van der Waals surface area contributed by atoms with Gasteiger partial charge in [-0.05, 0) is 26.3 Å². The van der Waals surface area contributed by atoms with E-state index < -0.39 is 35.8 Å². The molecule has 0 heterocycles. The van der Waals surface area contributed by atoms with Crippen LogP contribution in [0.2, 0.25) is 0 Å². The molecule has 0 saturated carbocycles. The molecule has 0 aliphatic heterocycles. The molecule has 0 fully saturated rings. The van der Waals surface area contributed by atoms with Crippen LogP contribution in [0.15, 0.2) is 30.3 Å². The number of carboxylic acids is 2. The van der Waals surface area contributed by atoms with Gasteiger partial charge in [-0.3, -0.25) is 0 Å². The zero-order valence-corrected chi connectivity index (χ0v) is 13.6. The van der Waals surface area contributed by atoms with Gasteiger partial charge in [0.05, 0.1) is 18.5 Å². The molecule has 2 atom stereocenters. The van der Waals surface area contributed by atoms with Crippen molar-refractivity contribution in [1.29, 1.82) is 0 Å². The standard InChI is InChI=1S/C16H21NO7/c1-16(2,3)24-15(22)17-11(13(18)19)12(14(20)21)23-9-10-7-5-4-6-8-10/h4-8,11-12H,9H2,1-3H3,(H,17,22)(H,18,19)(H,20,21)/p-2/t11-,12?/m0/s1. The van der Waals surface area contributed by atoms with Gasteiger partial charge in [-0.2, -0.15) is 0 Å². The van der Waals surface area contributed by atoms with Gasteiger partial charge < -0.3 is 34.6 Å². The first-order chi connectivity index (χ1) is 11.1. The number of carbonyl (C=O) groups is 3. The number of alkyl carbamates (subject to hydrolysis) is 1. The summed E-state index contributed by atoms with van der Waals surface area (Å²) in [7, 11) is 0. The highest BCUT2D eigenvalue weighted by Gasteiger charge is 2.28. The summed E-state index contributed by atoms with van der Waals surface area (Å²) in [6.07, 6.45) is -3.05. The van der Waals surface area contributed by atoms with Gasteiger partial charge in [-0.1, -0.05) is 30.3 Å². The zero-order valence-electron chi connectivity index (χ0n) is 13.6. The molecule has 0 radical (unpaired) electrons. The average Bonchev–Trinajstić information content (AvgIpc) is 2.45. The van der Waals surface area contributed by atoms with Crippen molar-refractivity contribution >= 4 is 18.0 Å². The quantitative estimate of drug-likeness (QED) is 0.673. The number of carbonyl (C=O) groups excluding carboxylic acids is 3. The molecule has 1 aromatic carbocycles. The van der Waals surface area contributed by atoms with Crippen molar-refractivity contribution in [3.8, 4) is 0 Å². The topological polar surface area (TPSA) is 128 Å². The van der Waals surface area contributed by atoms with Gasteiger partial charge in [0.1, 0.15) is 17.7 Å². The second-order valence-electron chi connectivity index (χ2n) is 5.98. The summed E-state index contributed by atoms with van der Waals surface area (Å²) in [4.78, 5) is 34.1. The molecule has 1 N–H and O–H groups in total. The summed E-state index contributed by atoms with van der Waals surface area (Å²) in [6.45, 7) is 4.54. The summed E-state index contributed by atoms with van der Waals surface area (Å²) in [5.41, 5.74) is -0.263. The van der Waals surface area contributed by atoms with Crippen LogP contribution in [0.5, 0.6) is 0 Å². The number of hydrogen-bond donors (Lipinski definition) is 1. The number of nitrogens with one attached hydrogen (secondary N) is 1. The molecule has 1 rings (SSSR count). The molecule has 0 spiro atoms. The van der Waals surface area contributed by atoms with E-state index >= 15 is 0 Å². The summed E-state index contributed by atoms with van der Waals surface area (Å²) in [6, 6.07) is 6.55. The van der Waals surface area contributed by atoms with Crippen LogP contribution in [0.4, 0.5) is 4.79 Å². The van der Waals surface area contributed by atoms with Gasteiger partial charge in [0, 0.05) is 0 Å². The van der Waals surface area contributed by atoms with E-state index in [0.717, 1.165) is 0 Å². The summed E-state index contributed by atoms with van der Waals surface area (Å²) in [5, 5.41) is 24.3. The van der Waals surface area contributed by atoms with E-state index in [4.69, 9.17) is 9.47 Å². The maximum atomic E-state index is 11.7. The van der Waals surface area contributed by atoms with E-state index in [1.807, 2.05) is 5.32 Å². The normalized spacial score (nSPS) is 13.6. The summed E-state index contributed by atoms with van der Waals surface area (Å²) >= 11 is 0. The Morgan fingerprint density at radius 1 is 1.08 bits per heavy atom. The van der Waals surface area contributed by atoms with Crippen LogP contribution >= 0.6 is 0 Å². The number of aliphatic carboxylic acids is 2. The lowest BCUT2D eigenvalue weighted by Gasteiger charge is -2.30. The Hall–Kier alpha value is -2.61. The highest BCUT2D eigenvalue weighted by molar-refractivity contribution is 5.86. The van der Waals surface area contributed by atoms with Crippen LogP contribution in [0.1, 0.15) is 26.3 Å². The maximum Gasteiger partial charge on any atom is 0.408 e. The Kier molecular flexibility index (Phi) is 6.72. The molecule has 0 saturated heterocycles. The van der Waals surface area contributed by atoms with Crippen molar-refractivity contribution in [2.45, 2.75) is 45.1 Å². The first-order valence-electron chi connectivity index (χ1n) is 7.17. The van der Waals surface area contributed by atoms with Gasteiger partial charge in [-0.25, -0.2) is 4.79 Å². The first-order valence-corrected chi connectivity index (χ1v) is 7.17. The van der Waals surface area contributed by atoms with Crippen LogP contribution in [-0.2, 0) is 25.7 Å². The minimum Gasteiger partial charge on any atom is -0.548 e. The number of hydrogen-bond acceptors (Lipinski definition) is 7. The largest absolute Gasteiger partial charge is 0.548 e. The lowest BCUT2D eigenvalue weighted by atomic mass is 10.1. The van der Waals surface area contributed by atoms with Crippen molar-refractivity contribution in [3.63, 3.8) is 0 Å². The van der Waals surface area contributed by atoms with E-state index in [9.17, 15) is 24.6 Å². The fourth-order valence-electron chi connectivity index (χ4n) is 1.75. The second kappa shape index (κ2) is 8.30. The summed E-state index contributed by atoms with van der Waals surface area (Å²) in [5.74, 6) is -3.63. The molecule has 0 aliphatic carbocycles.